The van der Waals surface area contributed by atoms with Crippen LogP contribution in [0.25, 0.3) is 0 Å². The van der Waals surface area contributed by atoms with E-state index in [1.807, 2.05) is 19.1 Å². The van der Waals surface area contributed by atoms with Crippen LogP contribution < -0.4 is 5.32 Å². The molecule has 3 rings (SSSR count). The molecule has 1 aliphatic heterocycles. The van der Waals surface area contributed by atoms with Crippen LogP contribution in [0.3, 0.4) is 0 Å². The first kappa shape index (κ1) is 17.2. The van der Waals surface area contributed by atoms with Crippen molar-refractivity contribution < 1.29 is 23.5 Å². The number of carbonyl (C=O) groups is 2. The molecule has 0 bridgehead atoms. The fourth-order valence-electron chi connectivity index (χ4n) is 2.94. The van der Waals surface area contributed by atoms with E-state index < -0.39 is 5.97 Å². The summed E-state index contributed by atoms with van der Waals surface area (Å²) in [6, 6.07) is 4.99. The minimum atomic E-state index is -0.517. The summed E-state index contributed by atoms with van der Waals surface area (Å²) < 4.78 is 16.0. The summed E-state index contributed by atoms with van der Waals surface area (Å²) in [7, 11) is 1.29. The molecule has 7 heteroatoms. The molecule has 1 N–H and O–H groups in total. The molecule has 2 atom stereocenters. The maximum absolute atomic E-state index is 12.5. The Morgan fingerprint density at radius 3 is 2.96 bits per heavy atom. The van der Waals surface area contributed by atoms with Crippen molar-refractivity contribution in [1.29, 1.82) is 0 Å². The predicted octanol–water partition coefficient (Wildman–Crippen LogP) is 2.28. The smallest absolute Gasteiger partial charge is 0.341 e. The van der Waals surface area contributed by atoms with Gasteiger partial charge in [-0.2, -0.15) is 0 Å². The van der Waals surface area contributed by atoms with Gasteiger partial charge in [0, 0.05) is 37.1 Å². The number of aromatic nitrogens is 1. The Labute approximate surface area is 145 Å². The third-order valence-corrected chi connectivity index (χ3v) is 4.18. The van der Waals surface area contributed by atoms with Gasteiger partial charge in [-0.25, -0.2) is 4.79 Å². The molecular formula is C18H20N2O5. The van der Waals surface area contributed by atoms with Crippen LogP contribution in [-0.2, 0) is 15.9 Å². The van der Waals surface area contributed by atoms with Crippen LogP contribution in [0, 0.1) is 0 Å². The first-order valence-electron chi connectivity index (χ1n) is 8.17. The van der Waals surface area contributed by atoms with E-state index in [-0.39, 0.29) is 29.4 Å². The molecule has 0 spiro atoms. The molecule has 0 saturated carbocycles. The van der Waals surface area contributed by atoms with E-state index in [4.69, 9.17) is 13.9 Å². The molecule has 2 aromatic heterocycles. The zero-order valence-electron chi connectivity index (χ0n) is 14.2. The summed E-state index contributed by atoms with van der Waals surface area (Å²) >= 11 is 0. The van der Waals surface area contributed by atoms with Crippen molar-refractivity contribution in [3.8, 4) is 0 Å². The van der Waals surface area contributed by atoms with Gasteiger partial charge in [0.25, 0.3) is 5.91 Å². The molecule has 1 aliphatic rings. The van der Waals surface area contributed by atoms with Gasteiger partial charge in [0.15, 0.2) is 5.76 Å². The molecule has 7 nitrogen and oxygen atoms in total. The van der Waals surface area contributed by atoms with Gasteiger partial charge in [-0.15, -0.1) is 0 Å². The predicted molar refractivity (Wildman–Crippen MR) is 88.2 cm³/mol. The Morgan fingerprint density at radius 2 is 2.28 bits per heavy atom. The third kappa shape index (κ3) is 3.56. The Balaban J connectivity index is 1.76. The van der Waals surface area contributed by atoms with Gasteiger partial charge in [-0.05, 0) is 12.5 Å². The molecule has 3 heterocycles. The van der Waals surface area contributed by atoms with E-state index in [9.17, 15) is 9.59 Å². The number of carbonyl (C=O) groups excluding carboxylic acids is 2. The average molecular weight is 344 g/mol. The highest BCUT2D eigenvalue weighted by atomic mass is 16.5. The summed E-state index contributed by atoms with van der Waals surface area (Å²) in [6.07, 6.45) is 4.35. The molecule has 0 aliphatic carbocycles. The first-order chi connectivity index (χ1) is 12.1. The molecule has 1 amide bonds. The standard InChI is InChI=1S/C18H20N2O5/c1-3-14-12(18(22)23-2)9-15(25-14)17(21)20-13-6-8-24-16(13)11-5-4-7-19-10-11/h4-5,7,9-10,13,16H,3,6,8H2,1-2H3,(H,20,21)/t13-,16+/m0/s1. The van der Waals surface area contributed by atoms with Crippen molar-refractivity contribution >= 4 is 11.9 Å². The van der Waals surface area contributed by atoms with Crippen LogP contribution in [-0.4, -0.2) is 36.6 Å². The van der Waals surface area contributed by atoms with Gasteiger partial charge in [0.05, 0.1) is 13.2 Å². The van der Waals surface area contributed by atoms with Crippen molar-refractivity contribution in [1.82, 2.24) is 10.3 Å². The summed E-state index contributed by atoms with van der Waals surface area (Å²) in [5.41, 5.74) is 1.19. The number of amides is 1. The summed E-state index contributed by atoms with van der Waals surface area (Å²) in [5.74, 6) is -0.371. The third-order valence-electron chi connectivity index (χ3n) is 4.18. The number of methoxy groups -OCH3 is 1. The van der Waals surface area contributed by atoms with E-state index in [1.54, 1.807) is 12.4 Å². The second-order valence-electron chi connectivity index (χ2n) is 5.74. The molecule has 25 heavy (non-hydrogen) atoms. The van der Waals surface area contributed by atoms with Crippen molar-refractivity contribution in [3.05, 3.63) is 53.2 Å². The first-order valence-corrected chi connectivity index (χ1v) is 8.17. The molecule has 1 saturated heterocycles. The number of ether oxygens (including phenoxy) is 2. The topological polar surface area (TPSA) is 90.7 Å². The van der Waals surface area contributed by atoms with Crippen molar-refractivity contribution in [2.75, 3.05) is 13.7 Å². The molecule has 2 aromatic rings. The van der Waals surface area contributed by atoms with Crippen molar-refractivity contribution in [2.24, 2.45) is 0 Å². The number of rotatable bonds is 5. The number of nitrogens with zero attached hydrogens (tertiary/aromatic N) is 1. The zero-order valence-corrected chi connectivity index (χ0v) is 14.2. The van der Waals surface area contributed by atoms with Gasteiger partial charge in [0.2, 0.25) is 0 Å². The lowest BCUT2D eigenvalue weighted by atomic mass is 10.0. The maximum atomic E-state index is 12.5. The highest BCUT2D eigenvalue weighted by Gasteiger charge is 2.32. The minimum Gasteiger partial charge on any atom is -0.465 e. The number of hydrogen-bond donors (Lipinski definition) is 1. The van der Waals surface area contributed by atoms with Gasteiger partial charge >= 0.3 is 5.97 Å². The van der Waals surface area contributed by atoms with Crippen LogP contribution in [0.5, 0.6) is 0 Å². The second-order valence-corrected chi connectivity index (χ2v) is 5.74. The van der Waals surface area contributed by atoms with Crippen molar-refractivity contribution in [2.45, 2.75) is 31.9 Å². The van der Waals surface area contributed by atoms with Crippen LogP contribution >= 0.6 is 0 Å². The quantitative estimate of drug-likeness (QED) is 0.837. The largest absolute Gasteiger partial charge is 0.465 e. The Hall–Kier alpha value is -2.67. The monoisotopic (exact) mass is 344 g/mol. The van der Waals surface area contributed by atoms with Crippen LogP contribution in [0.15, 0.2) is 35.0 Å². The van der Waals surface area contributed by atoms with Crippen LogP contribution in [0.1, 0.15) is 51.7 Å². The Morgan fingerprint density at radius 1 is 1.44 bits per heavy atom. The number of nitrogens with one attached hydrogen (secondary N) is 1. The molecular weight excluding hydrogens is 324 g/mol. The molecule has 0 radical (unpaired) electrons. The minimum absolute atomic E-state index is 0.0917. The lowest BCUT2D eigenvalue weighted by Gasteiger charge is -2.19. The molecule has 1 fully saturated rings. The van der Waals surface area contributed by atoms with Crippen molar-refractivity contribution in [3.63, 3.8) is 0 Å². The number of esters is 1. The van der Waals surface area contributed by atoms with Crippen LogP contribution in [0.4, 0.5) is 0 Å². The average Bonchev–Trinajstić information content (AvgIpc) is 3.28. The fraction of sp³-hybridized carbons (Fsp3) is 0.389. The van der Waals surface area contributed by atoms with E-state index in [0.717, 1.165) is 5.56 Å². The van der Waals surface area contributed by atoms with E-state index in [1.165, 1.54) is 13.2 Å². The summed E-state index contributed by atoms with van der Waals surface area (Å²) in [4.78, 5) is 28.4. The summed E-state index contributed by atoms with van der Waals surface area (Å²) in [5, 5.41) is 2.93. The van der Waals surface area contributed by atoms with Crippen LogP contribution in [0.2, 0.25) is 0 Å². The Bertz CT molecular complexity index is 756. The van der Waals surface area contributed by atoms with E-state index >= 15 is 0 Å². The maximum Gasteiger partial charge on any atom is 0.341 e. The van der Waals surface area contributed by atoms with Gasteiger partial charge in [-0.1, -0.05) is 13.0 Å². The number of aryl methyl sites for hydroxylation is 1. The molecule has 0 unspecified atom stereocenters. The van der Waals surface area contributed by atoms with Gasteiger partial charge in [-0.3, -0.25) is 9.78 Å². The van der Waals surface area contributed by atoms with E-state index in [2.05, 4.69) is 10.3 Å². The second kappa shape index (κ2) is 7.48. The normalized spacial score (nSPS) is 19.6. The lowest BCUT2D eigenvalue weighted by Crippen LogP contribution is -2.36. The zero-order chi connectivity index (χ0) is 17.8. The fourth-order valence-corrected chi connectivity index (χ4v) is 2.94. The van der Waals surface area contributed by atoms with Gasteiger partial charge < -0.3 is 19.2 Å². The van der Waals surface area contributed by atoms with E-state index in [0.29, 0.717) is 25.2 Å². The number of pyridine rings is 1. The highest BCUT2D eigenvalue weighted by molar-refractivity contribution is 5.97. The highest BCUT2D eigenvalue weighted by Crippen LogP contribution is 2.29. The SMILES string of the molecule is CCc1oc(C(=O)N[C@H]2CCO[C@@H]2c2cccnc2)cc1C(=O)OC. The molecule has 132 valence electrons. The van der Waals surface area contributed by atoms with Gasteiger partial charge in [0.1, 0.15) is 17.4 Å². The molecule has 0 aromatic carbocycles. The lowest BCUT2D eigenvalue weighted by molar-refractivity contribution is 0.0598. The Kier molecular flexibility index (Phi) is 5.14. The summed E-state index contributed by atoms with van der Waals surface area (Å²) in [6.45, 7) is 2.40. The number of furan rings is 1. The number of hydrogen-bond acceptors (Lipinski definition) is 6.